The SMILES string of the molecule is N#CC1=COOC1Cl.c1nnn[nH]1. The van der Waals surface area contributed by atoms with Crippen LogP contribution in [0.2, 0.25) is 0 Å². The maximum absolute atomic E-state index is 8.17. The molecule has 0 bridgehead atoms. The number of tetrazole rings is 1. The third-order valence-corrected chi connectivity index (χ3v) is 1.27. The smallest absolute Gasteiger partial charge is 0.215 e. The summed E-state index contributed by atoms with van der Waals surface area (Å²) in [5, 5.41) is 20.3. The summed E-state index contributed by atoms with van der Waals surface area (Å²) in [7, 11) is 0. The molecule has 68 valence electrons. The second kappa shape index (κ2) is 5.08. The molecular formula is C5H4ClN5O2. The van der Waals surface area contributed by atoms with Crippen LogP contribution in [-0.2, 0) is 9.78 Å². The van der Waals surface area contributed by atoms with Crippen molar-refractivity contribution in [3.63, 3.8) is 0 Å². The van der Waals surface area contributed by atoms with Gasteiger partial charge in [-0.05, 0) is 10.4 Å². The Morgan fingerprint density at radius 3 is 2.77 bits per heavy atom. The molecule has 0 fully saturated rings. The number of nitriles is 1. The van der Waals surface area contributed by atoms with E-state index in [-0.39, 0.29) is 0 Å². The topological polar surface area (TPSA) is 96.7 Å². The standard InChI is InChI=1S/C4H2ClNO2.CH2N4/c5-4-3(1-6)2-7-8-4;1-2-4-5-3-1/h2,4H;1H,(H,2,3,4,5). The Bertz CT molecular complexity index is 288. The molecule has 0 saturated heterocycles. The molecular weight excluding hydrogens is 198 g/mol. The number of H-pyrrole nitrogens is 1. The molecule has 1 aromatic heterocycles. The lowest BCUT2D eigenvalue weighted by molar-refractivity contribution is -0.233. The highest BCUT2D eigenvalue weighted by Crippen LogP contribution is 2.17. The van der Waals surface area contributed by atoms with Crippen LogP contribution in [0.15, 0.2) is 18.2 Å². The molecule has 0 amide bonds. The highest BCUT2D eigenvalue weighted by Gasteiger charge is 2.18. The maximum atomic E-state index is 8.17. The minimum absolute atomic E-state index is 0.298. The van der Waals surface area contributed by atoms with Crippen LogP contribution in [0.4, 0.5) is 0 Å². The molecule has 2 rings (SSSR count). The number of aromatic nitrogens is 4. The average Bonchev–Trinajstić information content (AvgIpc) is 2.76. The molecule has 0 aromatic carbocycles. The molecule has 13 heavy (non-hydrogen) atoms. The normalized spacial score (nSPS) is 19.1. The van der Waals surface area contributed by atoms with Gasteiger partial charge in [-0.3, -0.25) is 0 Å². The van der Waals surface area contributed by atoms with Crippen molar-refractivity contribution in [3.8, 4) is 6.07 Å². The Balaban J connectivity index is 0.000000145. The number of hydrogen-bond acceptors (Lipinski definition) is 6. The van der Waals surface area contributed by atoms with Crippen LogP contribution < -0.4 is 0 Å². The highest BCUT2D eigenvalue weighted by molar-refractivity contribution is 6.21. The highest BCUT2D eigenvalue weighted by atomic mass is 35.5. The molecule has 2 heterocycles. The predicted molar refractivity (Wildman–Crippen MR) is 39.7 cm³/mol. The quantitative estimate of drug-likeness (QED) is 0.473. The van der Waals surface area contributed by atoms with Crippen molar-refractivity contribution in [1.29, 1.82) is 5.26 Å². The zero-order chi connectivity index (χ0) is 9.52. The van der Waals surface area contributed by atoms with E-state index in [1.54, 1.807) is 6.07 Å². The molecule has 0 spiro atoms. The molecule has 1 unspecified atom stereocenters. The molecule has 0 radical (unpaired) electrons. The van der Waals surface area contributed by atoms with Crippen molar-refractivity contribution in [2.75, 3.05) is 0 Å². The number of alkyl halides is 1. The molecule has 8 heteroatoms. The fourth-order valence-corrected chi connectivity index (χ4v) is 0.582. The lowest BCUT2D eigenvalue weighted by Crippen LogP contribution is -1.96. The molecule has 1 N–H and O–H groups in total. The van der Waals surface area contributed by atoms with Crippen LogP contribution in [0.25, 0.3) is 0 Å². The van der Waals surface area contributed by atoms with E-state index in [9.17, 15) is 0 Å². The first kappa shape index (κ1) is 9.44. The molecule has 7 nitrogen and oxygen atoms in total. The van der Waals surface area contributed by atoms with Crippen molar-refractivity contribution < 1.29 is 9.78 Å². The number of aromatic amines is 1. The van der Waals surface area contributed by atoms with Gasteiger partial charge in [0.2, 0.25) is 5.56 Å². The van der Waals surface area contributed by atoms with Crippen LogP contribution in [0.3, 0.4) is 0 Å². The van der Waals surface area contributed by atoms with Gasteiger partial charge in [0.05, 0.1) is 0 Å². The van der Waals surface area contributed by atoms with E-state index in [2.05, 4.69) is 30.4 Å². The molecule has 1 aromatic rings. The second-order valence-electron chi connectivity index (χ2n) is 1.76. The third-order valence-electron chi connectivity index (χ3n) is 0.958. The summed E-state index contributed by atoms with van der Waals surface area (Å²) in [6.45, 7) is 0. The summed E-state index contributed by atoms with van der Waals surface area (Å²) in [4.78, 5) is 8.55. The van der Waals surface area contributed by atoms with Crippen LogP contribution in [-0.4, -0.2) is 26.2 Å². The summed E-state index contributed by atoms with van der Waals surface area (Å²) in [5.41, 5.74) is -0.424. The van der Waals surface area contributed by atoms with Crippen LogP contribution in [0.5, 0.6) is 0 Å². The fraction of sp³-hybridized carbons (Fsp3) is 0.200. The zero-order valence-electron chi connectivity index (χ0n) is 6.22. The Labute approximate surface area is 77.8 Å². The number of nitrogens with one attached hydrogen (secondary N) is 1. The number of nitrogens with zero attached hydrogens (tertiary/aromatic N) is 4. The van der Waals surface area contributed by atoms with Gasteiger partial charge in [0, 0.05) is 0 Å². The third kappa shape index (κ3) is 3.06. The van der Waals surface area contributed by atoms with Gasteiger partial charge in [0.15, 0.2) is 0 Å². The molecule has 0 aliphatic carbocycles. The maximum Gasteiger partial charge on any atom is 0.215 e. The van der Waals surface area contributed by atoms with Gasteiger partial charge in [-0.2, -0.15) is 10.1 Å². The van der Waals surface area contributed by atoms with Crippen molar-refractivity contribution in [2.24, 2.45) is 0 Å². The summed E-state index contributed by atoms with van der Waals surface area (Å²) in [5.74, 6) is 0. The predicted octanol–water partition coefficient (Wildman–Crippen LogP) is 0.120. The fourth-order valence-electron chi connectivity index (χ4n) is 0.440. The van der Waals surface area contributed by atoms with E-state index in [4.69, 9.17) is 16.9 Å². The van der Waals surface area contributed by atoms with Crippen molar-refractivity contribution in [1.82, 2.24) is 20.6 Å². The lowest BCUT2D eigenvalue weighted by atomic mass is 10.4. The monoisotopic (exact) mass is 201 g/mol. The first-order chi connectivity index (χ1) is 6.34. The van der Waals surface area contributed by atoms with Crippen LogP contribution >= 0.6 is 11.6 Å². The second-order valence-corrected chi connectivity index (χ2v) is 2.15. The van der Waals surface area contributed by atoms with Gasteiger partial charge in [-0.1, -0.05) is 11.6 Å². The van der Waals surface area contributed by atoms with Crippen molar-refractivity contribution >= 4 is 11.6 Å². The Morgan fingerprint density at radius 2 is 2.54 bits per heavy atom. The minimum atomic E-state index is -0.722. The van der Waals surface area contributed by atoms with Gasteiger partial charge in [-0.25, -0.2) is 5.10 Å². The molecule has 1 aliphatic heterocycles. The Hall–Kier alpha value is -1.65. The van der Waals surface area contributed by atoms with Crippen LogP contribution in [0, 0.1) is 11.3 Å². The number of rotatable bonds is 0. The van der Waals surface area contributed by atoms with Crippen LogP contribution in [0.1, 0.15) is 0 Å². The minimum Gasteiger partial charge on any atom is -0.342 e. The van der Waals surface area contributed by atoms with E-state index in [0.29, 0.717) is 5.57 Å². The summed E-state index contributed by atoms with van der Waals surface area (Å²) in [6, 6.07) is 1.79. The lowest BCUT2D eigenvalue weighted by Gasteiger charge is -1.91. The largest absolute Gasteiger partial charge is 0.342 e. The van der Waals surface area contributed by atoms with Gasteiger partial charge >= 0.3 is 0 Å². The number of halogens is 1. The van der Waals surface area contributed by atoms with Gasteiger partial charge in [-0.15, -0.1) is 5.10 Å². The van der Waals surface area contributed by atoms with Crippen molar-refractivity contribution in [2.45, 2.75) is 5.56 Å². The average molecular weight is 202 g/mol. The zero-order valence-corrected chi connectivity index (χ0v) is 6.97. The summed E-state index contributed by atoms with van der Waals surface area (Å²) >= 11 is 5.34. The molecule has 0 saturated carbocycles. The first-order valence-corrected chi connectivity index (χ1v) is 3.51. The Kier molecular flexibility index (Phi) is 3.69. The molecule has 1 aliphatic rings. The van der Waals surface area contributed by atoms with E-state index < -0.39 is 5.56 Å². The number of hydrogen-bond donors (Lipinski definition) is 1. The van der Waals surface area contributed by atoms with E-state index >= 15 is 0 Å². The van der Waals surface area contributed by atoms with E-state index in [0.717, 1.165) is 0 Å². The van der Waals surface area contributed by atoms with Gasteiger partial charge in [0.1, 0.15) is 24.2 Å². The van der Waals surface area contributed by atoms with Gasteiger partial charge < -0.3 is 4.89 Å². The van der Waals surface area contributed by atoms with E-state index in [1.807, 2.05) is 0 Å². The van der Waals surface area contributed by atoms with Gasteiger partial charge in [0.25, 0.3) is 0 Å². The first-order valence-electron chi connectivity index (χ1n) is 3.08. The van der Waals surface area contributed by atoms with E-state index in [1.165, 1.54) is 12.6 Å². The Morgan fingerprint density at radius 1 is 1.69 bits per heavy atom. The molecule has 1 atom stereocenters. The summed E-state index contributed by atoms with van der Waals surface area (Å²) in [6.07, 6.45) is 2.58. The summed E-state index contributed by atoms with van der Waals surface area (Å²) < 4.78 is 0. The van der Waals surface area contributed by atoms with Crippen molar-refractivity contribution in [3.05, 3.63) is 18.2 Å².